The lowest BCUT2D eigenvalue weighted by Crippen LogP contribution is -2.36. The third-order valence-electron chi connectivity index (χ3n) is 4.68. The summed E-state index contributed by atoms with van der Waals surface area (Å²) < 4.78 is 7.53. The fourth-order valence-corrected chi connectivity index (χ4v) is 6.21. The van der Waals surface area contributed by atoms with E-state index in [1.54, 1.807) is 11.3 Å². The number of fused-ring (bicyclic) bond motifs is 1. The van der Waals surface area contributed by atoms with E-state index in [0.717, 1.165) is 28.2 Å². The summed E-state index contributed by atoms with van der Waals surface area (Å²) in [6.07, 6.45) is 3.86. The Morgan fingerprint density at radius 2 is 2.19 bits per heavy atom. The predicted molar refractivity (Wildman–Crippen MR) is 112 cm³/mol. The molecular weight excluding hydrogens is 430 g/mol. The molecule has 0 radical (unpaired) electrons. The zero-order valence-electron chi connectivity index (χ0n) is 14.3. The van der Waals surface area contributed by atoms with Crippen LogP contribution >= 0.6 is 39.0 Å². The van der Waals surface area contributed by atoms with Gasteiger partial charge in [0.05, 0.1) is 22.3 Å². The lowest BCUT2D eigenvalue weighted by atomic mass is 9.85. The van der Waals surface area contributed by atoms with Crippen LogP contribution in [-0.4, -0.2) is 22.8 Å². The van der Waals surface area contributed by atoms with Gasteiger partial charge in [0.1, 0.15) is 0 Å². The van der Waals surface area contributed by atoms with Crippen LogP contribution in [0.3, 0.4) is 0 Å². The number of benzene rings is 1. The minimum Gasteiger partial charge on any atom is -0.466 e. The number of pyridine rings is 1. The molecular formula is C20H18BrNO2S2. The molecule has 1 aromatic carbocycles. The van der Waals surface area contributed by atoms with Gasteiger partial charge in [0.2, 0.25) is 0 Å². The van der Waals surface area contributed by atoms with Crippen LogP contribution in [0, 0.1) is 5.92 Å². The van der Waals surface area contributed by atoms with E-state index in [0.29, 0.717) is 11.9 Å². The van der Waals surface area contributed by atoms with Crippen LogP contribution < -0.4 is 0 Å². The van der Waals surface area contributed by atoms with E-state index < -0.39 is 0 Å². The van der Waals surface area contributed by atoms with Crippen molar-refractivity contribution in [3.8, 4) is 11.1 Å². The first kappa shape index (κ1) is 18.0. The van der Waals surface area contributed by atoms with Crippen molar-refractivity contribution in [2.75, 3.05) is 6.61 Å². The Hall–Kier alpha value is -1.37. The molecule has 0 spiro atoms. The van der Waals surface area contributed by atoms with Crippen LogP contribution in [0.2, 0.25) is 0 Å². The van der Waals surface area contributed by atoms with Gasteiger partial charge in [-0.15, -0.1) is 23.1 Å². The smallest absolute Gasteiger partial charge is 0.310 e. The van der Waals surface area contributed by atoms with Crippen LogP contribution in [0.4, 0.5) is 0 Å². The number of ether oxygens (including phenoxy) is 1. The summed E-state index contributed by atoms with van der Waals surface area (Å²) in [5.41, 5.74) is 3.40. The summed E-state index contributed by atoms with van der Waals surface area (Å²) in [6, 6.07) is 10.4. The summed E-state index contributed by atoms with van der Waals surface area (Å²) >= 11 is 7.13. The molecule has 1 fully saturated rings. The van der Waals surface area contributed by atoms with Gasteiger partial charge in [0, 0.05) is 26.9 Å². The van der Waals surface area contributed by atoms with Crippen molar-refractivity contribution in [2.24, 2.45) is 5.92 Å². The molecule has 2 heterocycles. The van der Waals surface area contributed by atoms with E-state index in [1.165, 1.54) is 15.3 Å². The molecule has 1 saturated carbocycles. The molecule has 3 aromatic rings. The molecule has 2 atom stereocenters. The van der Waals surface area contributed by atoms with Gasteiger partial charge in [-0.25, -0.2) is 0 Å². The van der Waals surface area contributed by atoms with Crippen LogP contribution in [0.15, 0.2) is 50.6 Å². The van der Waals surface area contributed by atoms with E-state index in [-0.39, 0.29) is 11.9 Å². The van der Waals surface area contributed by atoms with Gasteiger partial charge in [-0.05, 0) is 61.0 Å². The van der Waals surface area contributed by atoms with E-state index in [4.69, 9.17) is 4.74 Å². The Labute approximate surface area is 169 Å². The van der Waals surface area contributed by atoms with Gasteiger partial charge in [-0.3, -0.25) is 9.78 Å². The topological polar surface area (TPSA) is 39.2 Å². The first-order valence-corrected chi connectivity index (χ1v) is 11.2. The monoisotopic (exact) mass is 447 g/mol. The molecule has 2 aromatic heterocycles. The Morgan fingerprint density at radius 1 is 1.31 bits per heavy atom. The number of thiophene rings is 1. The Bertz CT molecular complexity index is 956. The number of nitrogens with zero attached hydrogens (tertiary/aromatic N) is 1. The van der Waals surface area contributed by atoms with E-state index in [1.807, 2.05) is 37.0 Å². The molecule has 0 N–H and O–H groups in total. The molecule has 0 saturated heterocycles. The number of esters is 1. The van der Waals surface area contributed by atoms with Crippen molar-refractivity contribution in [2.45, 2.75) is 29.2 Å². The highest BCUT2D eigenvalue weighted by atomic mass is 79.9. The molecule has 0 amide bonds. The van der Waals surface area contributed by atoms with Crippen molar-refractivity contribution in [3.05, 3.63) is 46.4 Å². The molecule has 0 aliphatic heterocycles. The number of carbonyl (C=O) groups excluding carboxylic acids is 1. The maximum atomic E-state index is 12.1. The maximum Gasteiger partial charge on any atom is 0.310 e. The van der Waals surface area contributed by atoms with Gasteiger partial charge in [-0.2, -0.15) is 0 Å². The Morgan fingerprint density at radius 3 is 2.96 bits per heavy atom. The van der Waals surface area contributed by atoms with Crippen LogP contribution in [0.1, 0.15) is 19.8 Å². The number of aromatic nitrogens is 1. The number of rotatable bonds is 5. The number of halogens is 1. The molecule has 26 heavy (non-hydrogen) atoms. The van der Waals surface area contributed by atoms with Gasteiger partial charge in [-0.1, -0.05) is 15.9 Å². The predicted octanol–water partition coefficient (Wildman–Crippen LogP) is 6.16. The maximum absolute atomic E-state index is 12.1. The normalized spacial score (nSPS) is 19.3. The molecule has 0 bridgehead atoms. The highest BCUT2D eigenvalue weighted by Crippen LogP contribution is 2.47. The number of hydrogen-bond donors (Lipinski definition) is 0. The van der Waals surface area contributed by atoms with Crippen molar-refractivity contribution in [1.29, 1.82) is 0 Å². The van der Waals surface area contributed by atoms with Gasteiger partial charge in [0.15, 0.2) is 0 Å². The second-order valence-electron chi connectivity index (χ2n) is 6.23. The second kappa shape index (κ2) is 7.71. The van der Waals surface area contributed by atoms with Gasteiger partial charge >= 0.3 is 5.97 Å². The highest BCUT2D eigenvalue weighted by molar-refractivity contribution is 9.10. The molecule has 134 valence electrons. The molecule has 3 nitrogen and oxygen atoms in total. The molecule has 1 aliphatic carbocycles. The fourth-order valence-electron chi connectivity index (χ4n) is 3.21. The van der Waals surface area contributed by atoms with Gasteiger partial charge in [0.25, 0.3) is 0 Å². The largest absolute Gasteiger partial charge is 0.466 e. The lowest BCUT2D eigenvalue weighted by Gasteiger charge is -2.33. The minimum atomic E-state index is -0.0485. The number of hydrogen-bond acceptors (Lipinski definition) is 5. The number of carbonyl (C=O) groups is 1. The third-order valence-corrected chi connectivity index (χ3v) is 7.76. The van der Waals surface area contributed by atoms with Crippen LogP contribution in [0.25, 0.3) is 22.0 Å². The second-order valence-corrected chi connectivity index (χ2v) is 9.57. The van der Waals surface area contributed by atoms with Crippen molar-refractivity contribution in [3.63, 3.8) is 0 Å². The highest BCUT2D eigenvalue weighted by Gasteiger charge is 2.38. The van der Waals surface area contributed by atoms with Gasteiger partial charge < -0.3 is 4.74 Å². The minimum absolute atomic E-state index is 0.0261. The summed E-state index contributed by atoms with van der Waals surface area (Å²) in [7, 11) is 0. The van der Waals surface area contributed by atoms with Crippen LogP contribution in [0.5, 0.6) is 0 Å². The average molecular weight is 448 g/mol. The van der Waals surface area contributed by atoms with Crippen LogP contribution in [-0.2, 0) is 9.53 Å². The molecule has 1 aliphatic rings. The number of thioether (sulfide) groups is 1. The zero-order chi connectivity index (χ0) is 18.1. The zero-order valence-corrected chi connectivity index (χ0v) is 17.5. The quantitative estimate of drug-likeness (QED) is 0.439. The SMILES string of the molecule is CCOC(=O)C1CCC1Sc1sccc1-c1ccnc2ccc(Br)cc12. The van der Waals surface area contributed by atoms with Crippen molar-refractivity contribution < 1.29 is 9.53 Å². The van der Waals surface area contributed by atoms with Crippen molar-refractivity contribution >= 4 is 55.9 Å². The summed E-state index contributed by atoms with van der Waals surface area (Å²) in [5.74, 6) is -0.0223. The van der Waals surface area contributed by atoms with E-state index in [2.05, 4.69) is 44.5 Å². The standard InChI is InChI=1S/C20H18BrNO2S2/c1-2-24-19(23)15-4-6-18(15)26-20-14(8-10-25-20)13-7-9-22-17-5-3-12(21)11-16(13)17/h3,5,7-11,15,18H,2,4,6H2,1H3. The van der Waals surface area contributed by atoms with E-state index in [9.17, 15) is 4.79 Å². The lowest BCUT2D eigenvalue weighted by molar-refractivity contribution is -0.150. The molecule has 6 heteroatoms. The third kappa shape index (κ3) is 3.42. The van der Waals surface area contributed by atoms with E-state index >= 15 is 0 Å². The van der Waals surface area contributed by atoms with Crippen molar-refractivity contribution in [1.82, 2.24) is 4.98 Å². The average Bonchev–Trinajstić information content (AvgIpc) is 3.06. The fraction of sp³-hybridized carbons (Fsp3) is 0.300. The molecule has 2 unspecified atom stereocenters. The Balaban J connectivity index is 1.64. The Kier molecular flexibility index (Phi) is 5.34. The summed E-state index contributed by atoms with van der Waals surface area (Å²) in [4.78, 5) is 16.6. The first-order chi connectivity index (χ1) is 12.7. The summed E-state index contributed by atoms with van der Waals surface area (Å²) in [6.45, 7) is 2.32. The first-order valence-electron chi connectivity index (χ1n) is 8.63. The molecule has 4 rings (SSSR count). The summed E-state index contributed by atoms with van der Waals surface area (Å²) in [5, 5.41) is 3.57.